The second-order valence-corrected chi connectivity index (χ2v) is 2.68. The lowest BCUT2D eigenvalue weighted by Crippen LogP contribution is -2.57. The van der Waals surface area contributed by atoms with E-state index in [9.17, 15) is 9.90 Å². The van der Waals surface area contributed by atoms with E-state index in [4.69, 9.17) is 0 Å². The maximum atomic E-state index is 10.9. The van der Waals surface area contributed by atoms with Gasteiger partial charge in [0.05, 0.1) is 12.8 Å². The molecule has 11 heavy (non-hydrogen) atoms. The van der Waals surface area contributed by atoms with Crippen LogP contribution in [0.3, 0.4) is 0 Å². The molecule has 0 aromatic heterocycles. The highest BCUT2D eigenvalue weighted by atomic mass is 16.3. The predicted octanol–water partition coefficient (Wildman–Crippen LogP) is -0.415. The Balaban J connectivity index is 2.37. The summed E-state index contributed by atoms with van der Waals surface area (Å²) >= 11 is 0. The van der Waals surface area contributed by atoms with Crippen LogP contribution in [0, 0.1) is 0 Å². The molecule has 1 fully saturated rings. The molecule has 1 aliphatic rings. The molecule has 1 N–H and O–H groups in total. The summed E-state index contributed by atoms with van der Waals surface area (Å²) in [6, 6.07) is 0. The van der Waals surface area contributed by atoms with Gasteiger partial charge in [0.15, 0.2) is 0 Å². The Bertz CT molecular complexity index is 145. The van der Waals surface area contributed by atoms with E-state index in [-0.39, 0.29) is 18.7 Å². The SMILES string of the molecule is CC(=O)N(CC[O])C1CCN1. The molecule has 0 bridgehead atoms. The summed E-state index contributed by atoms with van der Waals surface area (Å²) in [6.45, 7) is 2.56. The van der Waals surface area contributed by atoms with Crippen molar-refractivity contribution in [3.05, 3.63) is 0 Å². The van der Waals surface area contributed by atoms with E-state index in [1.165, 1.54) is 6.92 Å². The molecule has 0 aromatic rings. The maximum Gasteiger partial charge on any atom is 0.220 e. The van der Waals surface area contributed by atoms with E-state index in [1.54, 1.807) is 4.90 Å². The Morgan fingerprint density at radius 3 is 2.64 bits per heavy atom. The van der Waals surface area contributed by atoms with Crippen LogP contribution in [0.2, 0.25) is 0 Å². The smallest absolute Gasteiger partial charge is 0.220 e. The van der Waals surface area contributed by atoms with E-state index < -0.39 is 0 Å². The van der Waals surface area contributed by atoms with Crippen molar-refractivity contribution in [2.24, 2.45) is 0 Å². The molecule has 0 saturated carbocycles. The first-order chi connectivity index (χ1) is 5.25. The van der Waals surface area contributed by atoms with Crippen LogP contribution < -0.4 is 5.32 Å². The van der Waals surface area contributed by atoms with Crippen LogP contribution in [0.4, 0.5) is 0 Å². The quantitative estimate of drug-likeness (QED) is 0.605. The van der Waals surface area contributed by atoms with Crippen LogP contribution in [-0.2, 0) is 9.90 Å². The number of hydrogen-bond acceptors (Lipinski definition) is 2. The first-order valence-electron chi connectivity index (χ1n) is 3.84. The molecule has 0 aliphatic carbocycles. The van der Waals surface area contributed by atoms with Gasteiger partial charge in [0.2, 0.25) is 5.91 Å². The molecule has 1 aliphatic heterocycles. The third-order valence-corrected chi connectivity index (χ3v) is 1.91. The van der Waals surface area contributed by atoms with Crippen LogP contribution in [0.25, 0.3) is 0 Å². The monoisotopic (exact) mass is 157 g/mol. The second kappa shape index (κ2) is 3.69. The van der Waals surface area contributed by atoms with Crippen molar-refractivity contribution in [1.29, 1.82) is 0 Å². The van der Waals surface area contributed by atoms with Crippen molar-refractivity contribution in [2.75, 3.05) is 19.7 Å². The van der Waals surface area contributed by atoms with Gasteiger partial charge in [0.1, 0.15) is 0 Å². The van der Waals surface area contributed by atoms with Crippen LogP contribution in [0.15, 0.2) is 0 Å². The average molecular weight is 157 g/mol. The van der Waals surface area contributed by atoms with Gasteiger partial charge in [-0.25, -0.2) is 5.11 Å². The Morgan fingerprint density at radius 2 is 2.36 bits per heavy atom. The Labute approximate surface area is 66.2 Å². The fraction of sp³-hybridized carbons (Fsp3) is 0.857. The van der Waals surface area contributed by atoms with Crippen molar-refractivity contribution < 1.29 is 9.90 Å². The maximum absolute atomic E-state index is 10.9. The number of amides is 1. The van der Waals surface area contributed by atoms with E-state index in [0.717, 1.165) is 13.0 Å². The highest BCUT2D eigenvalue weighted by molar-refractivity contribution is 5.73. The predicted molar refractivity (Wildman–Crippen MR) is 39.3 cm³/mol. The largest absolute Gasteiger partial charge is 0.325 e. The van der Waals surface area contributed by atoms with E-state index in [0.29, 0.717) is 6.54 Å². The summed E-state index contributed by atoms with van der Waals surface area (Å²) in [5.74, 6) is -0.0157. The topological polar surface area (TPSA) is 52.2 Å². The fourth-order valence-electron chi connectivity index (χ4n) is 1.17. The zero-order chi connectivity index (χ0) is 8.27. The van der Waals surface area contributed by atoms with E-state index in [1.807, 2.05) is 0 Å². The number of rotatable bonds is 3. The van der Waals surface area contributed by atoms with Crippen LogP contribution in [0.5, 0.6) is 0 Å². The molecule has 63 valence electrons. The first-order valence-corrected chi connectivity index (χ1v) is 3.84. The molecule has 1 saturated heterocycles. The van der Waals surface area contributed by atoms with Crippen molar-refractivity contribution >= 4 is 5.91 Å². The summed E-state index contributed by atoms with van der Waals surface area (Å²) in [4.78, 5) is 12.5. The summed E-state index contributed by atoms with van der Waals surface area (Å²) in [5.41, 5.74) is 0. The zero-order valence-corrected chi connectivity index (χ0v) is 6.67. The van der Waals surface area contributed by atoms with Crippen LogP contribution in [-0.4, -0.2) is 36.7 Å². The number of hydrogen-bond donors (Lipinski definition) is 1. The Morgan fingerprint density at radius 1 is 1.73 bits per heavy atom. The standard InChI is InChI=1S/C7H13N2O2/c1-6(11)9(4-5-10)7-2-3-8-7/h7-8H,2-5H2,1H3. The molecule has 0 spiro atoms. The molecule has 4 heteroatoms. The normalized spacial score (nSPS) is 22.5. The Kier molecular flexibility index (Phi) is 2.84. The lowest BCUT2D eigenvalue weighted by Gasteiger charge is -2.37. The van der Waals surface area contributed by atoms with Gasteiger partial charge in [-0.3, -0.25) is 10.1 Å². The van der Waals surface area contributed by atoms with Gasteiger partial charge in [-0.15, -0.1) is 0 Å². The van der Waals surface area contributed by atoms with Crippen molar-refractivity contribution in [3.63, 3.8) is 0 Å². The van der Waals surface area contributed by atoms with Gasteiger partial charge in [-0.1, -0.05) is 0 Å². The molecule has 1 atom stereocenters. The first kappa shape index (κ1) is 8.49. The minimum atomic E-state index is -0.211. The van der Waals surface area contributed by atoms with Gasteiger partial charge in [-0.05, 0) is 6.42 Å². The summed E-state index contributed by atoms with van der Waals surface area (Å²) in [5, 5.41) is 13.3. The van der Waals surface area contributed by atoms with Crippen molar-refractivity contribution in [1.82, 2.24) is 10.2 Å². The second-order valence-electron chi connectivity index (χ2n) is 2.68. The van der Waals surface area contributed by atoms with Crippen LogP contribution >= 0.6 is 0 Å². The van der Waals surface area contributed by atoms with Gasteiger partial charge in [0.25, 0.3) is 0 Å². The van der Waals surface area contributed by atoms with Crippen molar-refractivity contribution in [3.8, 4) is 0 Å². The fourth-order valence-corrected chi connectivity index (χ4v) is 1.17. The van der Waals surface area contributed by atoms with E-state index >= 15 is 0 Å². The zero-order valence-electron chi connectivity index (χ0n) is 6.67. The highest BCUT2D eigenvalue weighted by Crippen LogP contribution is 2.08. The molecule has 1 heterocycles. The summed E-state index contributed by atoms with van der Waals surface area (Å²) in [6.07, 6.45) is 1.10. The highest BCUT2D eigenvalue weighted by Gasteiger charge is 2.25. The van der Waals surface area contributed by atoms with E-state index in [2.05, 4.69) is 5.32 Å². The third-order valence-electron chi connectivity index (χ3n) is 1.91. The lowest BCUT2D eigenvalue weighted by atomic mass is 10.2. The molecule has 4 nitrogen and oxygen atoms in total. The number of nitrogens with one attached hydrogen (secondary N) is 1. The summed E-state index contributed by atoms with van der Waals surface area (Å²) < 4.78 is 0. The summed E-state index contributed by atoms with van der Waals surface area (Å²) in [7, 11) is 0. The Hall–Kier alpha value is -0.610. The van der Waals surface area contributed by atoms with Gasteiger partial charge in [0, 0.05) is 20.0 Å². The number of carbonyl (C=O) groups excluding carboxylic acids is 1. The van der Waals surface area contributed by atoms with Gasteiger partial charge in [-0.2, -0.15) is 0 Å². The molecule has 1 amide bonds. The number of nitrogens with zero attached hydrogens (tertiary/aromatic N) is 1. The van der Waals surface area contributed by atoms with Gasteiger partial charge >= 0.3 is 0 Å². The molecular weight excluding hydrogens is 144 g/mol. The minimum Gasteiger partial charge on any atom is -0.325 e. The van der Waals surface area contributed by atoms with Gasteiger partial charge < -0.3 is 4.90 Å². The minimum absolute atomic E-state index is 0.0157. The third kappa shape index (κ3) is 1.91. The molecule has 0 aromatic carbocycles. The number of carbonyl (C=O) groups is 1. The average Bonchev–Trinajstić information content (AvgIpc) is 1.82. The molecular formula is C7H13N2O2. The van der Waals surface area contributed by atoms with Crippen molar-refractivity contribution in [2.45, 2.75) is 19.5 Å². The van der Waals surface area contributed by atoms with Crippen LogP contribution in [0.1, 0.15) is 13.3 Å². The molecule has 1 rings (SSSR count). The molecule has 1 unspecified atom stereocenters. The lowest BCUT2D eigenvalue weighted by molar-refractivity contribution is -0.134. The molecule has 1 radical (unpaired) electrons.